The maximum atomic E-state index is 6.02. The van der Waals surface area contributed by atoms with E-state index in [9.17, 15) is 0 Å². The first-order chi connectivity index (χ1) is 6.11. The Labute approximate surface area is 83.1 Å². The highest BCUT2D eigenvalue weighted by atomic mass is 14.6. The van der Waals surface area contributed by atoms with Gasteiger partial charge in [-0.3, -0.25) is 0 Å². The van der Waals surface area contributed by atoms with Crippen LogP contribution in [-0.4, -0.2) is 6.04 Å². The molecule has 2 N–H and O–H groups in total. The van der Waals surface area contributed by atoms with E-state index in [4.69, 9.17) is 5.73 Å². The first kappa shape index (κ1) is 11.0. The number of hydrogen-bond donors (Lipinski definition) is 1. The summed E-state index contributed by atoms with van der Waals surface area (Å²) in [6.07, 6.45) is 7.18. The highest BCUT2D eigenvalue weighted by Crippen LogP contribution is 2.33. The maximum Gasteiger partial charge on any atom is 0.00413 e. The Balaban J connectivity index is 2.37. The molecule has 0 amide bonds. The van der Waals surface area contributed by atoms with Gasteiger partial charge in [-0.15, -0.1) is 0 Å². The van der Waals surface area contributed by atoms with Crippen LogP contribution in [0.3, 0.4) is 0 Å². The Hall–Kier alpha value is -0.0400. The first-order valence-corrected chi connectivity index (χ1v) is 5.87. The van der Waals surface area contributed by atoms with Gasteiger partial charge in [0.15, 0.2) is 0 Å². The minimum absolute atomic E-state index is 0.376. The first-order valence-electron chi connectivity index (χ1n) is 5.87. The Morgan fingerprint density at radius 2 is 1.69 bits per heavy atom. The van der Waals surface area contributed by atoms with Crippen LogP contribution in [0.15, 0.2) is 0 Å². The average Bonchev–Trinajstić information content (AvgIpc) is 2.50. The fourth-order valence-corrected chi connectivity index (χ4v) is 2.72. The Morgan fingerprint density at radius 1 is 1.15 bits per heavy atom. The number of nitrogens with two attached hydrogens (primary N) is 1. The van der Waals surface area contributed by atoms with Crippen molar-refractivity contribution in [2.24, 2.45) is 23.5 Å². The van der Waals surface area contributed by atoms with Crippen molar-refractivity contribution in [3.63, 3.8) is 0 Å². The topological polar surface area (TPSA) is 26.0 Å². The smallest absolute Gasteiger partial charge is 0.00413 e. The molecule has 0 radical (unpaired) electrons. The summed E-state index contributed by atoms with van der Waals surface area (Å²) in [6, 6.07) is 0.376. The molecule has 2 unspecified atom stereocenters. The molecule has 1 saturated carbocycles. The molecule has 78 valence electrons. The zero-order chi connectivity index (χ0) is 9.84. The van der Waals surface area contributed by atoms with E-state index in [0.717, 1.165) is 17.8 Å². The molecule has 1 nitrogen and oxygen atoms in total. The van der Waals surface area contributed by atoms with E-state index >= 15 is 0 Å². The zero-order valence-corrected chi connectivity index (χ0v) is 9.42. The molecule has 0 aromatic rings. The van der Waals surface area contributed by atoms with Crippen molar-refractivity contribution < 1.29 is 0 Å². The van der Waals surface area contributed by atoms with Gasteiger partial charge in [-0.25, -0.2) is 0 Å². The summed E-state index contributed by atoms with van der Waals surface area (Å²) in [7, 11) is 0. The molecule has 2 atom stereocenters. The van der Waals surface area contributed by atoms with Crippen molar-refractivity contribution in [2.45, 2.75) is 58.9 Å². The molecule has 1 heteroatoms. The van der Waals surface area contributed by atoms with Crippen LogP contribution in [-0.2, 0) is 0 Å². The van der Waals surface area contributed by atoms with Crippen molar-refractivity contribution in [1.29, 1.82) is 0 Å². The molecule has 0 spiro atoms. The molecule has 0 aliphatic heterocycles. The average molecular weight is 183 g/mol. The third-order valence-electron chi connectivity index (χ3n) is 3.61. The highest BCUT2D eigenvalue weighted by Gasteiger charge is 2.24. The summed E-state index contributed by atoms with van der Waals surface area (Å²) >= 11 is 0. The van der Waals surface area contributed by atoms with Crippen molar-refractivity contribution in [2.75, 3.05) is 0 Å². The molecule has 1 rings (SSSR count). The standard InChI is InChI=1S/C12H25N/c1-9(2)12(10(3)13)8-11-6-4-5-7-11/h9-12H,4-8,13H2,1-3H3. The largest absolute Gasteiger partial charge is 0.328 e. The SMILES string of the molecule is CC(C)C(CC1CCCC1)C(C)N. The summed E-state index contributed by atoms with van der Waals surface area (Å²) in [5, 5.41) is 0. The molecule has 0 aromatic carbocycles. The van der Waals surface area contributed by atoms with Gasteiger partial charge in [0.2, 0.25) is 0 Å². The van der Waals surface area contributed by atoms with E-state index in [1.165, 1.54) is 32.1 Å². The summed E-state index contributed by atoms with van der Waals surface area (Å²) in [5.74, 6) is 2.47. The molecule has 1 aliphatic rings. The van der Waals surface area contributed by atoms with Gasteiger partial charge in [0.1, 0.15) is 0 Å². The predicted octanol–water partition coefficient (Wildman–Crippen LogP) is 3.19. The second-order valence-corrected chi connectivity index (χ2v) is 5.15. The van der Waals surface area contributed by atoms with E-state index in [1.807, 2.05) is 0 Å². The molecule has 0 aromatic heterocycles. The van der Waals surface area contributed by atoms with Crippen LogP contribution in [0.4, 0.5) is 0 Å². The zero-order valence-electron chi connectivity index (χ0n) is 9.42. The van der Waals surface area contributed by atoms with Gasteiger partial charge in [0.25, 0.3) is 0 Å². The minimum atomic E-state index is 0.376. The Kier molecular flexibility index (Phi) is 4.24. The molecule has 0 saturated heterocycles. The summed E-state index contributed by atoms with van der Waals surface area (Å²) in [6.45, 7) is 6.78. The lowest BCUT2D eigenvalue weighted by Crippen LogP contribution is -2.31. The van der Waals surface area contributed by atoms with E-state index in [1.54, 1.807) is 0 Å². The van der Waals surface area contributed by atoms with Crippen LogP contribution < -0.4 is 5.73 Å². The quantitative estimate of drug-likeness (QED) is 0.711. The minimum Gasteiger partial charge on any atom is -0.328 e. The third-order valence-corrected chi connectivity index (χ3v) is 3.61. The fourth-order valence-electron chi connectivity index (χ4n) is 2.72. The number of rotatable bonds is 4. The lowest BCUT2D eigenvalue weighted by atomic mass is 9.81. The van der Waals surface area contributed by atoms with E-state index < -0.39 is 0 Å². The predicted molar refractivity (Wildman–Crippen MR) is 58.6 cm³/mol. The van der Waals surface area contributed by atoms with Crippen LogP contribution in [0.5, 0.6) is 0 Å². The van der Waals surface area contributed by atoms with E-state index in [0.29, 0.717) is 6.04 Å². The molecule has 1 aliphatic carbocycles. The van der Waals surface area contributed by atoms with Gasteiger partial charge in [-0.1, -0.05) is 39.5 Å². The second-order valence-electron chi connectivity index (χ2n) is 5.15. The van der Waals surface area contributed by atoms with Gasteiger partial charge in [0.05, 0.1) is 0 Å². The lowest BCUT2D eigenvalue weighted by Gasteiger charge is -2.27. The van der Waals surface area contributed by atoms with E-state index in [-0.39, 0.29) is 0 Å². The van der Waals surface area contributed by atoms with Crippen molar-refractivity contribution in [3.8, 4) is 0 Å². The van der Waals surface area contributed by atoms with Crippen LogP contribution in [0, 0.1) is 17.8 Å². The van der Waals surface area contributed by atoms with Crippen LogP contribution in [0.25, 0.3) is 0 Å². The van der Waals surface area contributed by atoms with Crippen LogP contribution >= 0.6 is 0 Å². The van der Waals surface area contributed by atoms with Gasteiger partial charge in [0, 0.05) is 6.04 Å². The van der Waals surface area contributed by atoms with Gasteiger partial charge < -0.3 is 5.73 Å². The second kappa shape index (κ2) is 4.99. The van der Waals surface area contributed by atoms with Gasteiger partial charge >= 0.3 is 0 Å². The molecule has 1 fully saturated rings. The maximum absolute atomic E-state index is 6.02. The monoisotopic (exact) mass is 183 g/mol. The van der Waals surface area contributed by atoms with Crippen LogP contribution in [0.1, 0.15) is 52.9 Å². The van der Waals surface area contributed by atoms with Crippen molar-refractivity contribution in [3.05, 3.63) is 0 Å². The van der Waals surface area contributed by atoms with Crippen molar-refractivity contribution >= 4 is 0 Å². The molecular weight excluding hydrogens is 158 g/mol. The Morgan fingerprint density at radius 3 is 2.08 bits per heavy atom. The Bertz CT molecular complexity index is 126. The molecule has 0 bridgehead atoms. The summed E-state index contributed by atoms with van der Waals surface area (Å²) in [4.78, 5) is 0. The lowest BCUT2D eigenvalue weighted by molar-refractivity contribution is 0.263. The summed E-state index contributed by atoms with van der Waals surface area (Å²) < 4.78 is 0. The number of hydrogen-bond acceptors (Lipinski definition) is 1. The fraction of sp³-hybridized carbons (Fsp3) is 1.00. The normalized spacial score (nSPS) is 23.8. The van der Waals surface area contributed by atoms with Crippen molar-refractivity contribution in [1.82, 2.24) is 0 Å². The molecule has 0 heterocycles. The third kappa shape index (κ3) is 3.30. The highest BCUT2D eigenvalue weighted by molar-refractivity contribution is 4.77. The van der Waals surface area contributed by atoms with Crippen LogP contribution in [0.2, 0.25) is 0 Å². The van der Waals surface area contributed by atoms with Gasteiger partial charge in [-0.05, 0) is 31.1 Å². The molecule has 13 heavy (non-hydrogen) atoms. The molecular formula is C12H25N. The summed E-state index contributed by atoms with van der Waals surface area (Å²) in [5.41, 5.74) is 6.02. The van der Waals surface area contributed by atoms with Gasteiger partial charge in [-0.2, -0.15) is 0 Å². The van der Waals surface area contributed by atoms with E-state index in [2.05, 4.69) is 20.8 Å².